The van der Waals surface area contributed by atoms with Gasteiger partial charge in [0, 0.05) is 24.0 Å². The molecule has 1 heterocycles. The van der Waals surface area contributed by atoms with Crippen molar-refractivity contribution in [3.63, 3.8) is 0 Å². The molecule has 1 atom stereocenters. The molecule has 1 unspecified atom stereocenters. The number of nitrogens with two attached hydrogens (primary N) is 1. The Hall–Kier alpha value is -1.37. The Bertz CT molecular complexity index is 502. The van der Waals surface area contributed by atoms with Crippen molar-refractivity contribution >= 4 is 11.3 Å². The SMILES string of the molecule is NNC(Cc1nccs1)Cc1cccc(F)c1F. The second-order valence-corrected chi connectivity index (χ2v) is 4.89. The third-order valence-corrected chi connectivity index (χ3v) is 3.44. The number of nitrogens with zero attached hydrogens (tertiary/aromatic N) is 1. The molecule has 18 heavy (non-hydrogen) atoms. The fourth-order valence-electron chi connectivity index (χ4n) is 1.73. The monoisotopic (exact) mass is 269 g/mol. The lowest BCUT2D eigenvalue weighted by molar-refractivity contribution is 0.473. The molecule has 3 nitrogen and oxygen atoms in total. The lowest BCUT2D eigenvalue weighted by Crippen LogP contribution is -2.38. The Morgan fingerprint density at radius 3 is 2.83 bits per heavy atom. The molecule has 0 aliphatic rings. The zero-order chi connectivity index (χ0) is 13.0. The Kier molecular flexibility index (Phi) is 4.35. The largest absolute Gasteiger partial charge is 0.271 e. The summed E-state index contributed by atoms with van der Waals surface area (Å²) in [6, 6.07) is 3.98. The molecule has 0 aliphatic carbocycles. The average molecular weight is 269 g/mol. The van der Waals surface area contributed by atoms with E-state index >= 15 is 0 Å². The van der Waals surface area contributed by atoms with Gasteiger partial charge in [-0.15, -0.1) is 11.3 Å². The second-order valence-electron chi connectivity index (χ2n) is 3.91. The number of rotatable bonds is 5. The molecular formula is C12H13F2N3S. The quantitative estimate of drug-likeness (QED) is 0.645. The van der Waals surface area contributed by atoms with E-state index in [-0.39, 0.29) is 6.04 Å². The van der Waals surface area contributed by atoms with Crippen LogP contribution in [0.1, 0.15) is 10.6 Å². The van der Waals surface area contributed by atoms with Crippen molar-refractivity contribution in [2.24, 2.45) is 5.84 Å². The van der Waals surface area contributed by atoms with Crippen LogP contribution >= 0.6 is 11.3 Å². The highest BCUT2D eigenvalue weighted by Crippen LogP contribution is 2.15. The molecule has 1 aromatic heterocycles. The summed E-state index contributed by atoms with van der Waals surface area (Å²) in [5.41, 5.74) is 2.93. The first-order chi connectivity index (χ1) is 8.70. The number of hydrazine groups is 1. The molecular weight excluding hydrogens is 256 g/mol. The molecule has 96 valence electrons. The van der Waals surface area contributed by atoms with Crippen molar-refractivity contribution in [2.75, 3.05) is 0 Å². The van der Waals surface area contributed by atoms with Crippen LogP contribution in [0.25, 0.3) is 0 Å². The van der Waals surface area contributed by atoms with Crippen LogP contribution in [0.5, 0.6) is 0 Å². The molecule has 0 spiro atoms. The fourth-order valence-corrected chi connectivity index (χ4v) is 2.42. The third-order valence-electron chi connectivity index (χ3n) is 2.64. The van der Waals surface area contributed by atoms with E-state index in [9.17, 15) is 8.78 Å². The molecule has 1 aromatic carbocycles. The van der Waals surface area contributed by atoms with Crippen molar-refractivity contribution in [2.45, 2.75) is 18.9 Å². The summed E-state index contributed by atoms with van der Waals surface area (Å²) in [7, 11) is 0. The lowest BCUT2D eigenvalue weighted by atomic mass is 10.0. The fraction of sp³-hybridized carbons (Fsp3) is 0.250. The van der Waals surface area contributed by atoms with Crippen LogP contribution < -0.4 is 11.3 Å². The van der Waals surface area contributed by atoms with Crippen LogP contribution in [0, 0.1) is 11.6 Å². The van der Waals surface area contributed by atoms with Crippen LogP contribution in [-0.4, -0.2) is 11.0 Å². The number of nitrogens with one attached hydrogen (secondary N) is 1. The van der Waals surface area contributed by atoms with Crippen LogP contribution in [0.15, 0.2) is 29.8 Å². The summed E-state index contributed by atoms with van der Waals surface area (Å²) in [5.74, 6) is 3.79. The summed E-state index contributed by atoms with van der Waals surface area (Å²) in [6.45, 7) is 0. The van der Waals surface area contributed by atoms with E-state index in [1.54, 1.807) is 12.3 Å². The zero-order valence-corrected chi connectivity index (χ0v) is 10.4. The van der Waals surface area contributed by atoms with Crippen LogP contribution in [0.3, 0.4) is 0 Å². The van der Waals surface area contributed by atoms with Gasteiger partial charge >= 0.3 is 0 Å². The zero-order valence-electron chi connectivity index (χ0n) is 9.57. The highest BCUT2D eigenvalue weighted by atomic mass is 32.1. The summed E-state index contributed by atoms with van der Waals surface area (Å²) in [6.07, 6.45) is 2.61. The van der Waals surface area contributed by atoms with Crippen molar-refractivity contribution < 1.29 is 8.78 Å². The number of thiazole rings is 1. The topological polar surface area (TPSA) is 50.9 Å². The summed E-state index contributed by atoms with van der Waals surface area (Å²) < 4.78 is 26.6. The third kappa shape index (κ3) is 3.10. The minimum atomic E-state index is -0.836. The van der Waals surface area contributed by atoms with Gasteiger partial charge in [0.2, 0.25) is 0 Å². The molecule has 6 heteroatoms. The Labute approximate surface area is 108 Å². The van der Waals surface area contributed by atoms with Gasteiger partial charge in [-0.25, -0.2) is 13.8 Å². The molecule has 0 fully saturated rings. The predicted octanol–water partition coefficient (Wildman–Crippen LogP) is 2.04. The average Bonchev–Trinajstić information content (AvgIpc) is 2.86. The van der Waals surface area contributed by atoms with Crippen molar-refractivity contribution in [1.29, 1.82) is 0 Å². The van der Waals surface area contributed by atoms with E-state index in [1.807, 2.05) is 5.38 Å². The van der Waals surface area contributed by atoms with Gasteiger partial charge < -0.3 is 0 Å². The van der Waals surface area contributed by atoms with Gasteiger partial charge in [-0.05, 0) is 18.1 Å². The first kappa shape index (κ1) is 13.1. The van der Waals surface area contributed by atoms with Crippen molar-refractivity contribution in [3.8, 4) is 0 Å². The number of benzene rings is 1. The molecule has 3 N–H and O–H groups in total. The summed E-state index contributed by atoms with van der Waals surface area (Å²) >= 11 is 1.51. The smallest absolute Gasteiger partial charge is 0.162 e. The van der Waals surface area contributed by atoms with E-state index in [0.717, 1.165) is 11.1 Å². The van der Waals surface area contributed by atoms with Crippen LogP contribution in [-0.2, 0) is 12.8 Å². The lowest BCUT2D eigenvalue weighted by Gasteiger charge is -2.15. The highest BCUT2D eigenvalue weighted by Gasteiger charge is 2.15. The first-order valence-electron chi connectivity index (χ1n) is 5.48. The van der Waals surface area contributed by atoms with Crippen LogP contribution in [0.4, 0.5) is 8.78 Å². The van der Waals surface area contributed by atoms with Gasteiger partial charge in [-0.1, -0.05) is 12.1 Å². The maximum Gasteiger partial charge on any atom is 0.162 e. The summed E-state index contributed by atoms with van der Waals surface area (Å²) in [4.78, 5) is 4.14. The van der Waals surface area contributed by atoms with Gasteiger partial charge in [-0.3, -0.25) is 11.3 Å². The normalized spacial score (nSPS) is 12.6. The van der Waals surface area contributed by atoms with Crippen molar-refractivity contribution in [1.82, 2.24) is 10.4 Å². The van der Waals surface area contributed by atoms with E-state index in [1.165, 1.54) is 17.4 Å². The minimum Gasteiger partial charge on any atom is -0.271 e. The standard InChI is InChI=1S/C12H13F2N3S/c13-10-3-1-2-8(12(10)14)6-9(17-15)7-11-16-4-5-18-11/h1-5,9,17H,6-7,15H2. The predicted molar refractivity (Wildman–Crippen MR) is 67.0 cm³/mol. The van der Waals surface area contributed by atoms with Gasteiger partial charge in [0.25, 0.3) is 0 Å². The van der Waals surface area contributed by atoms with E-state index in [2.05, 4.69) is 10.4 Å². The first-order valence-corrected chi connectivity index (χ1v) is 6.36. The Balaban J connectivity index is 2.08. The molecule has 0 amide bonds. The molecule has 0 radical (unpaired) electrons. The number of hydrogen-bond acceptors (Lipinski definition) is 4. The molecule has 0 aliphatic heterocycles. The highest BCUT2D eigenvalue weighted by molar-refractivity contribution is 7.09. The molecule has 0 bridgehead atoms. The molecule has 0 saturated heterocycles. The van der Waals surface area contributed by atoms with Gasteiger partial charge in [0.05, 0.1) is 5.01 Å². The van der Waals surface area contributed by atoms with E-state index < -0.39 is 11.6 Å². The van der Waals surface area contributed by atoms with E-state index in [4.69, 9.17) is 5.84 Å². The van der Waals surface area contributed by atoms with Crippen LogP contribution in [0.2, 0.25) is 0 Å². The summed E-state index contributed by atoms with van der Waals surface area (Å²) in [5, 5.41) is 2.78. The molecule has 0 saturated carbocycles. The molecule has 2 aromatic rings. The maximum absolute atomic E-state index is 13.5. The maximum atomic E-state index is 13.5. The number of halogens is 2. The number of aromatic nitrogens is 1. The van der Waals surface area contributed by atoms with Gasteiger partial charge in [-0.2, -0.15) is 0 Å². The Morgan fingerprint density at radius 1 is 1.33 bits per heavy atom. The van der Waals surface area contributed by atoms with E-state index in [0.29, 0.717) is 18.4 Å². The number of hydrogen-bond donors (Lipinski definition) is 2. The molecule has 2 rings (SSSR count). The minimum absolute atomic E-state index is 0.174. The Morgan fingerprint density at radius 2 is 2.17 bits per heavy atom. The van der Waals surface area contributed by atoms with Gasteiger partial charge in [0.1, 0.15) is 0 Å². The van der Waals surface area contributed by atoms with Crippen molar-refractivity contribution in [3.05, 3.63) is 52.0 Å². The van der Waals surface area contributed by atoms with Gasteiger partial charge in [0.15, 0.2) is 11.6 Å². The second kappa shape index (κ2) is 5.99.